The van der Waals surface area contributed by atoms with Gasteiger partial charge in [0.05, 0.1) is 5.52 Å². The summed E-state index contributed by atoms with van der Waals surface area (Å²) in [6.45, 7) is 0. The normalized spacial score (nSPS) is 10.7. The molecule has 3 aromatic heterocycles. The second kappa shape index (κ2) is 4.99. The van der Waals surface area contributed by atoms with Gasteiger partial charge in [0.25, 0.3) is 0 Å². The third-order valence-electron chi connectivity index (χ3n) is 2.25. The van der Waals surface area contributed by atoms with E-state index in [1.807, 2.05) is 12.1 Å². The number of aromatic nitrogens is 4. The molecule has 6 heteroatoms. The van der Waals surface area contributed by atoms with Crippen LogP contribution >= 0.6 is 27.7 Å². The van der Waals surface area contributed by atoms with Crippen LogP contribution in [0, 0.1) is 0 Å². The summed E-state index contributed by atoms with van der Waals surface area (Å²) in [5.41, 5.74) is 1.71. The van der Waals surface area contributed by atoms with Crippen LogP contribution in [0.4, 0.5) is 0 Å². The maximum absolute atomic E-state index is 4.39. The summed E-state index contributed by atoms with van der Waals surface area (Å²) in [5.74, 6) is 0. The number of nitrogens with zero attached hydrogens (tertiary/aromatic N) is 4. The van der Waals surface area contributed by atoms with Crippen LogP contribution in [0.5, 0.6) is 0 Å². The van der Waals surface area contributed by atoms with Crippen LogP contribution in [0.25, 0.3) is 11.0 Å². The van der Waals surface area contributed by atoms with E-state index >= 15 is 0 Å². The van der Waals surface area contributed by atoms with Gasteiger partial charge < -0.3 is 0 Å². The maximum Gasteiger partial charge on any atom is 0.192 e. The van der Waals surface area contributed by atoms with E-state index in [-0.39, 0.29) is 0 Å². The van der Waals surface area contributed by atoms with Gasteiger partial charge >= 0.3 is 0 Å². The molecule has 0 spiro atoms. The molecule has 3 heterocycles. The number of pyridine rings is 2. The van der Waals surface area contributed by atoms with Crippen molar-refractivity contribution in [1.82, 2.24) is 19.9 Å². The average Bonchev–Trinajstić information content (AvgIpc) is 2.40. The van der Waals surface area contributed by atoms with E-state index in [1.54, 1.807) is 30.9 Å². The summed E-state index contributed by atoms with van der Waals surface area (Å²) < 4.78 is 0.917. The molecule has 0 aliphatic heterocycles. The molecule has 3 aromatic rings. The van der Waals surface area contributed by atoms with Crippen LogP contribution in [-0.2, 0) is 0 Å². The van der Waals surface area contributed by atoms with E-state index < -0.39 is 0 Å². The third kappa shape index (κ3) is 2.34. The zero-order valence-corrected chi connectivity index (χ0v) is 11.5. The molecule has 18 heavy (non-hydrogen) atoms. The Hall–Kier alpha value is -1.53. The zero-order chi connectivity index (χ0) is 12.4. The molecule has 0 fully saturated rings. The molecule has 0 unspecified atom stereocenters. The third-order valence-corrected chi connectivity index (χ3v) is 3.63. The molecule has 0 aliphatic carbocycles. The summed E-state index contributed by atoms with van der Waals surface area (Å²) >= 11 is 4.87. The average molecular weight is 319 g/mol. The fourth-order valence-corrected chi connectivity index (χ4v) is 2.63. The van der Waals surface area contributed by atoms with Crippen LogP contribution in [0.2, 0.25) is 0 Å². The Morgan fingerprint density at radius 1 is 1.00 bits per heavy atom. The summed E-state index contributed by atoms with van der Waals surface area (Å²) in [6, 6.07) is 5.66. The molecule has 0 bridgehead atoms. The minimum Gasteiger partial charge on any atom is -0.254 e. The molecule has 0 amide bonds. The lowest BCUT2D eigenvalue weighted by atomic mass is 10.3. The van der Waals surface area contributed by atoms with Crippen LogP contribution in [0.3, 0.4) is 0 Å². The zero-order valence-electron chi connectivity index (χ0n) is 9.12. The summed E-state index contributed by atoms with van der Waals surface area (Å²) in [4.78, 5) is 18.1. The van der Waals surface area contributed by atoms with E-state index in [4.69, 9.17) is 0 Å². The monoisotopic (exact) mass is 318 g/mol. The molecule has 0 aromatic carbocycles. The molecule has 0 N–H and O–H groups in total. The van der Waals surface area contributed by atoms with Crippen molar-refractivity contribution in [3.05, 3.63) is 47.5 Å². The molecular weight excluding hydrogens is 312 g/mol. The van der Waals surface area contributed by atoms with Crippen LogP contribution in [-0.4, -0.2) is 19.9 Å². The predicted molar refractivity (Wildman–Crippen MR) is 73.4 cm³/mol. The van der Waals surface area contributed by atoms with Gasteiger partial charge in [-0.15, -0.1) is 0 Å². The van der Waals surface area contributed by atoms with Crippen molar-refractivity contribution < 1.29 is 0 Å². The first-order valence-electron chi connectivity index (χ1n) is 5.18. The fraction of sp³-hybridized carbons (Fsp3) is 0. The van der Waals surface area contributed by atoms with Gasteiger partial charge in [-0.2, -0.15) is 0 Å². The first-order chi connectivity index (χ1) is 8.83. The highest BCUT2D eigenvalue weighted by Gasteiger charge is 2.07. The second-order valence-electron chi connectivity index (χ2n) is 3.46. The predicted octanol–water partition coefficient (Wildman–Crippen LogP) is 3.33. The summed E-state index contributed by atoms with van der Waals surface area (Å²) in [6.07, 6.45) is 6.98. The Labute approximate surface area is 116 Å². The number of halogens is 1. The van der Waals surface area contributed by atoms with Crippen molar-refractivity contribution in [2.45, 2.75) is 10.1 Å². The Balaban J connectivity index is 2.07. The molecule has 0 saturated carbocycles. The summed E-state index contributed by atoms with van der Waals surface area (Å²) in [7, 11) is 0. The van der Waals surface area contributed by atoms with Gasteiger partial charge in [0, 0.05) is 34.2 Å². The van der Waals surface area contributed by atoms with Crippen LogP contribution in [0.15, 0.2) is 57.5 Å². The van der Waals surface area contributed by atoms with E-state index in [9.17, 15) is 0 Å². The Morgan fingerprint density at radius 3 is 2.67 bits per heavy atom. The second-order valence-corrected chi connectivity index (χ2v) is 5.39. The topological polar surface area (TPSA) is 51.6 Å². The highest BCUT2D eigenvalue weighted by Crippen LogP contribution is 2.29. The molecular formula is C12H7BrN4S. The first kappa shape index (κ1) is 11.6. The SMILES string of the molecule is Brc1cnc2c(Sc3ncccn3)ccnc2c1. The van der Waals surface area contributed by atoms with Crippen molar-refractivity contribution in [3.8, 4) is 0 Å². The van der Waals surface area contributed by atoms with Gasteiger partial charge in [0.1, 0.15) is 5.52 Å². The van der Waals surface area contributed by atoms with E-state index in [2.05, 4.69) is 35.9 Å². The lowest BCUT2D eigenvalue weighted by Gasteiger charge is -2.03. The minimum absolute atomic E-state index is 0.703. The fourth-order valence-electron chi connectivity index (χ4n) is 1.50. The molecule has 0 saturated heterocycles. The lowest BCUT2D eigenvalue weighted by Crippen LogP contribution is -1.88. The standard InChI is InChI=1S/C12H7BrN4S/c13-8-6-9-11(17-7-8)10(2-5-14-9)18-12-15-3-1-4-16-12/h1-7H. The highest BCUT2D eigenvalue weighted by atomic mass is 79.9. The molecule has 0 atom stereocenters. The minimum atomic E-state index is 0.703. The van der Waals surface area contributed by atoms with Gasteiger partial charge in [-0.25, -0.2) is 9.97 Å². The Bertz CT molecular complexity index is 690. The van der Waals surface area contributed by atoms with Crippen molar-refractivity contribution in [1.29, 1.82) is 0 Å². The van der Waals surface area contributed by atoms with Crippen molar-refractivity contribution in [3.63, 3.8) is 0 Å². The van der Waals surface area contributed by atoms with Gasteiger partial charge in [0.15, 0.2) is 5.16 Å². The molecule has 0 aliphatic rings. The van der Waals surface area contributed by atoms with Gasteiger partial charge in [-0.1, -0.05) is 0 Å². The van der Waals surface area contributed by atoms with Gasteiger partial charge in [-0.3, -0.25) is 9.97 Å². The highest BCUT2D eigenvalue weighted by molar-refractivity contribution is 9.10. The van der Waals surface area contributed by atoms with Crippen molar-refractivity contribution in [2.75, 3.05) is 0 Å². The van der Waals surface area contributed by atoms with E-state index in [1.165, 1.54) is 11.8 Å². The number of hydrogen-bond donors (Lipinski definition) is 0. The molecule has 4 nitrogen and oxygen atoms in total. The van der Waals surface area contributed by atoms with E-state index in [0.29, 0.717) is 5.16 Å². The van der Waals surface area contributed by atoms with Crippen molar-refractivity contribution >= 4 is 38.7 Å². The lowest BCUT2D eigenvalue weighted by molar-refractivity contribution is 0.967. The van der Waals surface area contributed by atoms with Gasteiger partial charge in [-0.05, 0) is 45.9 Å². The number of hydrogen-bond acceptors (Lipinski definition) is 5. The first-order valence-corrected chi connectivity index (χ1v) is 6.79. The largest absolute Gasteiger partial charge is 0.254 e. The Kier molecular flexibility index (Phi) is 3.21. The van der Waals surface area contributed by atoms with Crippen LogP contribution in [0.1, 0.15) is 0 Å². The maximum atomic E-state index is 4.39. The molecule has 88 valence electrons. The Morgan fingerprint density at radius 2 is 1.83 bits per heavy atom. The van der Waals surface area contributed by atoms with Gasteiger partial charge in [0.2, 0.25) is 0 Å². The van der Waals surface area contributed by atoms with Crippen molar-refractivity contribution in [2.24, 2.45) is 0 Å². The summed E-state index contributed by atoms with van der Waals surface area (Å²) in [5, 5.41) is 0.703. The smallest absolute Gasteiger partial charge is 0.192 e. The number of fused-ring (bicyclic) bond motifs is 1. The molecule has 3 rings (SSSR count). The van der Waals surface area contributed by atoms with Crippen LogP contribution < -0.4 is 0 Å². The number of rotatable bonds is 2. The molecule has 0 radical (unpaired) electrons. The quantitative estimate of drug-likeness (QED) is 0.678. The van der Waals surface area contributed by atoms with E-state index in [0.717, 1.165) is 20.4 Å².